The Balaban J connectivity index is 1.52. The standard InChI is InChI=1S/C20H25N5O2/c1-25-12-4-5-15(25)10-11-22-19(26)14-8-9-18(23-13-14)20(27)24-17-7-3-2-6-16(17)21/h2-3,6-9,13,15H,4-5,10-12,21H2,1H3,(H,22,26)(H,24,27). The predicted molar refractivity (Wildman–Crippen MR) is 106 cm³/mol. The lowest BCUT2D eigenvalue weighted by molar-refractivity contribution is 0.0947. The number of nitrogens with zero attached hydrogens (tertiary/aromatic N) is 2. The van der Waals surface area contributed by atoms with E-state index in [2.05, 4.69) is 27.6 Å². The van der Waals surface area contributed by atoms with Crippen molar-refractivity contribution < 1.29 is 9.59 Å². The molecule has 3 rings (SSSR count). The highest BCUT2D eigenvalue weighted by Crippen LogP contribution is 2.18. The number of anilines is 2. The minimum atomic E-state index is -0.371. The van der Waals surface area contributed by atoms with Crippen LogP contribution in [0.15, 0.2) is 42.6 Å². The lowest BCUT2D eigenvalue weighted by atomic mass is 10.1. The van der Waals surface area contributed by atoms with Gasteiger partial charge in [0.15, 0.2) is 0 Å². The van der Waals surface area contributed by atoms with Crippen molar-refractivity contribution in [1.82, 2.24) is 15.2 Å². The molecule has 7 nitrogen and oxygen atoms in total. The summed E-state index contributed by atoms with van der Waals surface area (Å²) in [5.74, 6) is -0.549. The van der Waals surface area contributed by atoms with Crippen LogP contribution in [0.2, 0.25) is 0 Å². The maximum Gasteiger partial charge on any atom is 0.274 e. The molecule has 2 heterocycles. The molecule has 0 aliphatic carbocycles. The van der Waals surface area contributed by atoms with Crippen molar-refractivity contribution in [3.63, 3.8) is 0 Å². The Labute approximate surface area is 159 Å². The van der Waals surface area contributed by atoms with E-state index in [0.29, 0.717) is 29.5 Å². The van der Waals surface area contributed by atoms with Crippen LogP contribution in [0.3, 0.4) is 0 Å². The van der Waals surface area contributed by atoms with Crippen LogP contribution in [-0.2, 0) is 0 Å². The molecule has 1 aliphatic heterocycles. The molecule has 2 aromatic rings. The zero-order valence-corrected chi connectivity index (χ0v) is 15.4. The SMILES string of the molecule is CN1CCCC1CCNC(=O)c1ccc(C(=O)Nc2ccccc2N)nc1. The molecule has 0 radical (unpaired) electrons. The molecular weight excluding hydrogens is 342 g/mol. The number of hydrogen-bond acceptors (Lipinski definition) is 5. The fourth-order valence-corrected chi connectivity index (χ4v) is 3.26. The smallest absolute Gasteiger partial charge is 0.274 e. The Morgan fingerprint density at radius 3 is 2.70 bits per heavy atom. The summed E-state index contributed by atoms with van der Waals surface area (Å²) in [6.07, 6.45) is 4.76. The Kier molecular flexibility index (Phi) is 6.03. The summed E-state index contributed by atoms with van der Waals surface area (Å²) in [5.41, 5.74) is 7.49. The lowest BCUT2D eigenvalue weighted by Gasteiger charge is -2.19. The minimum absolute atomic E-state index is 0.178. The van der Waals surface area contributed by atoms with Gasteiger partial charge in [-0.15, -0.1) is 0 Å². The maximum atomic E-state index is 12.3. The van der Waals surface area contributed by atoms with E-state index in [1.165, 1.54) is 25.1 Å². The van der Waals surface area contributed by atoms with Crippen LogP contribution in [0.4, 0.5) is 11.4 Å². The van der Waals surface area contributed by atoms with Gasteiger partial charge in [-0.1, -0.05) is 12.1 Å². The van der Waals surface area contributed by atoms with E-state index in [-0.39, 0.29) is 17.5 Å². The van der Waals surface area contributed by atoms with E-state index in [9.17, 15) is 9.59 Å². The number of likely N-dealkylation sites (tertiary alicyclic amines) is 1. The monoisotopic (exact) mass is 367 g/mol. The van der Waals surface area contributed by atoms with Gasteiger partial charge in [0.05, 0.1) is 16.9 Å². The highest BCUT2D eigenvalue weighted by atomic mass is 16.2. The first-order valence-corrected chi connectivity index (χ1v) is 9.15. The number of benzene rings is 1. The van der Waals surface area contributed by atoms with Gasteiger partial charge in [-0.3, -0.25) is 14.6 Å². The number of amides is 2. The zero-order chi connectivity index (χ0) is 19.2. The second kappa shape index (κ2) is 8.64. The average Bonchev–Trinajstić information content (AvgIpc) is 3.08. The van der Waals surface area contributed by atoms with Crippen LogP contribution in [0, 0.1) is 0 Å². The summed E-state index contributed by atoms with van der Waals surface area (Å²) in [5, 5.41) is 5.63. The van der Waals surface area contributed by atoms with Gasteiger partial charge in [-0.2, -0.15) is 0 Å². The second-order valence-electron chi connectivity index (χ2n) is 6.79. The maximum absolute atomic E-state index is 12.3. The van der Waals surface area contributed by atoms with Crippen LogP contribution in [0.25, 0.3) is 0 Å². The Bertz CT molecular complexity index is 806. The number of aromatic nitrogens is 1. The molecule has 1 aliphatic rings. The lowest BCUT2D eigenvalue weighted by Crippen LogP contribution is -2.31. The Morgan fingerprint density at radius 1 is 1.22 bits per heavy atom. The van der Waals surface area contributed by atoms with Gasteiger partial charge in [0, 0.05) is 18.8 Å². The Hall–Kier alpha value is -2.93. The van der Waals surface area contributed by atoms with Crippen molar-refractivity contribution in [1.29, 1.82) is 0 Å². The topological polar surface area (TPSA) is 100 Å². The third-order valence-electron chi connectivity index (χ3n) is 4.90. The number of carbonyl (C=O) groups is 2. The minimum Gasteiger partial charge on any atom is -0.397 e. The molecule has 142 valence electrons. The molecule has 1 aromatic heterocycles. The van der Waals surface area contributed by atoms with Gasteiger partial charge in [0.1, 0.15) is 5.69 Å². The van der Waals surface area contributed by atoms with Crippen molar-refractivity contribution in [2.45, 2.75) is 25.3 Å². The summed E-state index contributed by atoms with van der Waals surface area (Å²) >= 11 is 0. The quantitative estimate of drug-likeness (QED) is 0.679. The third kappa shape index (κ3) is 4.83. The molecule has 2 amide bonds. The van der Waals surface area contributed by atoms with Gasteiger partial charge < -0.3 is 21.3 Å². The van der Waals surface area contributed by atoms with Crippen molar-refractivity contribution in [3.05, 3.63) is 53.9 Å². The van der Waals surface area contributed by atoms with Crippen molar-refractivity contribution >= 4 is 23.2 Å². The molecule has 27 heavy (non-hydrogen) atoms. The third-order valence-corrected chi connectivity index (χ3v) is 4.90. The van der Waals surface area contributed by atoms with E-state index in [1.54, 1.807) is 30.3 Å². The van der Waals surface area contributed by atoms with Gasteiger partial charge in [0.2, 0.25) is 0 Å². The van der Waals surface area contributed by atoms with Crippen molar-refractivity contribution in [3.8, 4) is 0 Å². The zero-order valence-electron chi connectivity index (χ0n) is 15.4. The van der Waals surface area contributed by atoms with E-state index >= 15 is 0 Å². The summed E-state index contributed by atoms with van der Waals surface area (Å²) < 4.78 is 0. The van der Waals surface area contributed by atoms with Crippen LogP contribution < -0.4 is 16.4 Å². The van der Waals surface area contributed by atoms with Gasteiger partial charge in [-0.05, 0) is 57.1 Å². The average molecular weight is 367 g/mol. The van der Waals surface area contributed by atoms with Crippen LogP contribution >= 0.6 is 0 Å². The number of nitrogens with two attached hydrogens (primary N) is 1. The van der Waals surface area contributed by atoms with E-state index in [0.717, 1.165) is 13.0 Å². The normalized spacial score (nSPS) is 16.9. The van der Waals surface area contributed by atoms with Crippen LogP contribution in [0.1, 0.15) is 40.1 Å². The summed E-state index contributed by atoms with van der Waals surface area (Å²) in [4.78, 5) is 30.9. The number of para-hydroxylation sites is 2. The fourth-order valence-electron chi connectivity index (χ4n) is 3.26. The first-order valence-electron chi connectivity index (χ1n) is 9.15. The van der Waals surface area contributed by atoms with E-state index < -0.39 is 0 Å². The molecular formula is C20H25N5O2. The van der Waals surface area contributed by atoms with Crippen molar-refractivity contribution in [2.24, 2.45) is 0 Å². The van der Waals surface area contributed by atoms with E-state index in [1.807, 2.05) is 0 Å². The second-order valence-corrected chi connectivity index (χ2v) is 6.79. The molecule has 7 heteroatoms. The van der Waals surface area contributed by atoms with Crippen LogP contribution in [0.5, 0.6) is 0 Å². The fraction of sp³-hybridized carbons (Fsp3) is 0.350. The van der Waals surface area contributed by atoms with Gasteiger partial charge in [-0.25, -0.2) is 0 Å². The number of pyridine rings is 1. The van der Waals surface area contributed by atoms with Crippen LogP contribution in [-0.4, -0.2) is 47.9 Å². The Morgan fingerprint density at radius 2 is 2.04 bits per heavy atom. The number of rotatable bonds is 6. The number of nitrogens with one attached hydrogen (secondary N) is 2. The first-order chi connectivity index (χ1) is 13.0. The molecule has 0 saturated carbocycles. The van der Waals surface area contributed by atoms with Crippen molar-refractivity contribution in [2.75, 3.05) is 31.2 Å². The molecule has 0 spiro atoms. The van der Waals surface area contributed by atoms with E-state index in [4.69, 9.17) is 5.73 Å². The number of carbonyl (C=O) groups excluding carboxylic acids is 2. The molecule has 4 N–H and O–H groups in total. The number of nitrogen functional groups attached to an aromatic ring is 1. The summed E-state index contributed by atoms with van der Waals surface area (Å²) in [7, 11) is 2.12. The highest BCUT2D eigenvalue weighted by Gasteiger charge is 2.20. The molecule has 1 fully saturated rings. The molecule has 1 atom stereocenters. The predicted octanol–water partition coefficient (Wildman–Crippen LogP) is 2.13. The molecule has 1 saturated heterocycles. The van der Waals surface area contributed by atoms with Gasteiger partial charge >= 0.3 is 0 Å². The first kappa shape index (κ1) is 18.8. The molecule has 1 unspecified atom stereocenters. The largest absolute Gasteiger partial charge is 0.397 e. The summed E-state index contributed by atoms with van der Waals surface area (Å²) in [6.45, 7) is 1.75. The summed E-state index contributed by atoms with van der Waals surface area (Å²) in [6, 6.07) is 10.7. The number of hydrogen-bond donors (Lipinski definition) is 3. The van der Waals surface area contributed by atoms with Gasteiger partial charge in [0.25, 0.3) is 11.8 Å². The molecule has 1 aromatic carbocycles. The molecule has 0 bridgehead atoms. The highest BCUT2D eigenvalue weighted by molar-refractivity contribution is 6.04.